The van der Waals surface area contributed by atoms with E-state index in [2.05, 4.69) is 0 Å². The minimum Gasteiger partial charge on any atom is -0.497 e. The summed E-state index contributed by atoms with van der Waals surface area (Å²) >= 11 is 0. The summed E-state index contributed by atoms with van der Waals surface area (Å²) in [7, 11) is 3.07. The Bertz CT molecular complexity index is 691. The van der Waals surface area contributed by atoms with E-state index in [1.807, 2.05) is 0 Å². The van der Waals surface area contributed by atoms with Gasteiger partial charge in [-0.05, 0) is 49.2 Å². The van der Waals surface area contributed by atoms with Crippen molar-refractivity contribution in [2.75, 3.05) is 34.0 Å². The summed E-state index contributed by atoms with van der Waals surface area (Å²) in [6, 6.07) is 13.2. The predicted molar refractivity (Wildman–Crippen MR) is 108 cm³/mol. The minimum absolute atomic E-state index is 0.217. The Morgan fingerprint density at radius 1 is 0.759 bits per heavy atom. The van der Waals surface area contributed by atoms with Gasteiger partial charge in [-0.1, -0.05) is 24.3 Å². The van der Waals surface area contributed by atoms with Crippen molar-refractivity contribution < 1.29 is 34.3 Å². The molecule has 160 valence electrons. The fraction of sp³-hybridized carbons (Fsp3) is 0.455. The van der Waals surface area contributed by atoms with Crippen LogP contribution < -0.4 is 9.47 Å². The molecule has 0 bridgehead atoms. The molecule has 0 saturated heterocycles. The highest BCUT2D eigenvalue weighted by Gasteiger charge is 2.57. The Morgan fingerprint density at radius 2 is 1.14 bits per heavy atom. The molecule has 0 spiro atoms. The highest BCUT2D eigenvalue weighted by atomic mass is 16.7. The molecule has 0 aliphatic rings. The zero-order chi connectivity index (χ0) is 21.5. The SMILES string of the molecule is CCOC(OCC)C(O)(CO)C(O)(c1ccc(OC)cc1)c1ccc(OC)cc1. The monoisotopic (exact) mass is 406 g/mol. The van der Waals surface area contributed by atoms with E-state index >= 15 is 0 Å². The van der Waals surface area contributed by atoms with Gasteiger partial charge in [-0.3, -0.25) is 0 Å². The van der Waals surface area contributed by atoms with Crippen LogP contribution >= 0.6 is 0 Å². The van der Waals surface area contributed by atoms with Crippen molar-refractivity contribution in [3.8, 4) is 11.5 Å². The van der Waals surface area contributed by atoms with E-state index in [1.54, 1.807) is 62.4 Å². The lowest BCUT2D eigenvalue weighted by atomic mass is 9.72. The zero-order valence-electron chi connectivity index (χ0n) is 17.3. The smallest absolute Gasteiger partial charge is 0.192 e. The summed E-state index contributed by atoms with van der Waals surface area (Å²) in [5.74, 6) is 1.18. The summed E-state index contributed by atoms with van der Waals surface area (Å²) < 4.78 is 21.5. The van der Waals surface area contributed by atoms with Crippen molar-refractivity contribution in [3.05, 3.63) is 59.7 Å². The van der Waals surface area contributed by atoms with Crippen molar-refractivity contribution in [3.63, 3.8) is 0 Å². The van der Waals surface area contributed by atoms with E-state index in [0.29, 0.717) is 22.6 Å². The third kappa shape index (κ3) is 4.39. The molecule has 2 aromatic carbocycles. The first-order valence-electron chi connectivity index (χ1n) is 9.49. The second-order valence-corrected chi connectivity index (χ2v) is 6.49. The summed E-state index contributed by atoms with van der Waals surface area (Å²) in [6.07, 6.45) is -1.28. The lowest BCUT2D eigenvalue weighted by molar-refractivity contribution is -0.295. The third-order valence-electron chi connectivity index (χ3n) is 4.91. The highest BCUT2D eigenvalue weighted by Crippen LogP contribution is 2.43. The van der Waals surface area contributed by atoms with Gasteiger partial charge in [0, 0.05) is 13.2 Å². The molecular formula is C22H30O7. The molecule has 7 nitrogen and oxygen atoms in total. The van der Waals surface area contributed by atoms with Crippen LogP contribution in [0.4, 0.5) is 0 Å². The van der Waals surface area contributed by atoms with E-state index < -0.39 is 24.1 Å². The molecule has 29 heavy (non-hydrogen) atoms. The molecule has 0 saturated carbocycles. The Kier molecular flexibility index (Phi) is 8.01. The lowest BCUT2D eigenvalue weighted by Gasteiger charge is -2.46. The molecule has 0 radical (unpaired) electrons. The number of methoxy groups -OCH3 is 2. The molecule has 0 fully saturated rings. The molecule has 3 N–H and O–H groups in total. The molecule has 2 aromatic rings. The van der Waals surface area contributed by atoms with Gasteiger partial charge in [0.1, 0.15) is 11.5 Å². The second kappa shape index (κ2) is 10.0. The molecule has 0 aliphatic heterocycles. The average molecular weight is 406 g/mol. The second-order valence-electron chi connectivity index (χ2n) is 6.49. The van der Waals surface area contributed by atoms with E-state index in [1.165, 1.54) is 14.2 Å². The van der Waals surface area contributed by atoms with Crippen molar-refractivity contribution in [1.29, 1.82) is 0 Å². The molecule has 0 amide bonds. The quantitative estimate of drug-likeness (QED) is 0.492. The van der Waals surface area contributed by atoms with Gasteiger partial charge in [0.15, 0.2) is 17.5 Å². The normalized spacial score (nSPS) is 13.9. The van der Waals surface area contributed by atoms with Crippen LogP contribution in [0.2, 0.25) is 0 Å². The molecular weight excluding hydrogens is 376 g/mol. The Morgan fingerprint density at radius 3 is 1.41 bits per heavy atom. The van der Waals surface area contributed by atoms with E-state index in [0.717, 1.165) is 0 Å². The van der Waals surface area contributed by atoms with Crippen LogP contribution in [0.5, 0.6) is 11.5 Å². The number of rotatable bonds is 11. The van der Waals surface area contributed by atoms with Crippen molar-refractivity contribution >= 4 is 0 Å². The summed E-state index contributed by atoms with van der Waals surface area (Å²) in [6.45, 7) is 3.10. The number of ether oxygens (including phenoxy) is 4. The standard InChI is InChI=1S/C22H30O7/c1-5-28-20(29-6-2)21(24,15-23)22(25,16-7-11-18(26-3)12-8-16)17-9-13-19(27-4)14-10-17/h7-14,20,23-25H,5-6,15H2,1-4H3. The van der Waals surface area contributed by atoms with Crippen molar-refractivity contribution in [2.45, 2.75) is 31.3 Å². The maximum Gasteiger partial charge on any atom is 0.192 e. The number of hydrogen-bond acceptors (Lipinski definition) is 7. The predicted octanol–water partition coefficient (Wildman–Crippen LogP) is 2.06. The van der Waals surface area contributed by atoms with Crippen LogP contribution in [0.25, 0.3) is 0 Å². The van der Waals surface area contributed by atoms with Crippen molar-refractivity contribution in [2.24, 2.45) is 0 Å². The summed E-state index contributed by atoms with van der Waals surface area (Å²) in [4.78, 5) is 0. The van der Waals surface area contributed by atoms with Gasteiger partial charge in [0.25, 0.3) is 0 Å². The van der Waals surface area contributed by atoms with Crippen LogP contribution in [-0.4, -0.2) is 61.3 Å². The van der Waals surface area contributed by atoms with Gasteiger partial charge in [0.2, 0.25) is 0 Å². The van der Waals surface area contributed by atoms with Gasteiger partial charge in [0.05, 0.1) is 20.8 Å². The molecule has 1 unspecified atom stereocenters. The summed E-state index contributed by atoms with van der Waals surface area (Å²) in [5.41, 5.74) is -3.59. The molecule has 0 aromatic heterocycles. The Labute approximate surface area is 171 Å². The highest BCUT2D eigenvalue weighted by molar-refractivity contribution is 5.44. The minimum atomic E-state index is -2.21. The number of hydrogen-bond donors (Lipinski definition) is 3. The van der Waals surface area contributed by atoms with Crippen LogP contribution in [0.3, 0.4) is 0 Å². The molecule has 7 heteroatoms. The Balaban J connectivity index is 2.71. The van der Waals surface area contributed by atoms with Crippen LogP contribution in [0, 0.1) is 0 Å². The van der Waals surface area contributed by atoms with Crippen LogP contribution in [-0.2, 0) is 15.1 Å². The largest absolute Gasteiger partial charge is 0.497 e. The molecule has 0 aliphatic carbocycles. The van der Waals surface area contributed by atoms with Crippen molar-refractivity contribution in [1.82, 2.24) is 0 Å². The fourth-order valence-electron chi connectivity index (χ4n) is 3.32. The topological polar surface area (TPSA) is 97.6 Å². The Hall–Kier alpha value is -2.16. The number of aliphatic hydroxyl groups is 3. The first-order chi connectivity index (χ1) is 13.9. The first-order valence-corrected chi connectivity index (χ1v) is 9.49. The molecule has 2 rings (SSSR count). The summed E-state index contributed by atoms with van der Waals surface area (Å²) in [5, 5.41) is 33.8. The molecule has 1 atom stereocenters. The van der Waals surface area contributed by atoms with Crippen LogP contribution in [0.15, 0.2) is 48.5 Å². The maximum atomic E-state index is 12.0. The van der Waals surface area contributed by atoms with Gasteiger partial charge in [-0.15, -0.1) is 0 Å². The number of aliphatic hydroxyl groups excluding tert-OH is 1. The molecule has 0 heterocycles. The van der Waals surface area contributed by atoms with Crippen LogP contribution in [0.1, 0.15) is 25.0 Å². The third-order valence-corrected chi connectivity index (χ3v) is 4.91. The first kappa shape index (κ1) is 23.1. The van der Waals surface area contributed by atoms with E-state index in [4.69, 9.17) is 18.9 Å². The average Bonchev–Trinajstić information content (AvgIpc) is 2.77. The zero-order valence-corrected chi connectivity index (χ0v) is 17.3. The maximum absolute atomic E-state index is 12.0. The van der Waals surface area contributed by atoms with Gasteiger partial charge < -0.3 is 34.3 Å². The van der Waals surface area contributed by atoms with Gasteiger partial charge in [-0.25, -0.2) is 0 Å². The van der Waals surface area contributed by atoms with Gasteiger partial charge in [-0.2, -0.15) is 0 Å². The van der Waals surface area contributed by atoms with Gasteiger partial charge >= 0.3 is 0 Å². The lowest BCUT2D eigenvalue weighted by Crippen LogP contribution is -2.63. The van der Waals surface area contributed by atoms with E-state index in [-0.39, 0.29) is 13.2 Å². The fourth-order valence-corrected chi connectivity index (χ4v) is 3.32. The number of benzene rings is 2. The van der Waals surface area contributed by atoms with E-state index in [9.17, 15) is 15.3 Å².